The summed E-state index contributed by atoms with van der Waals surface area (Å²) in [6.07, 6.45) is 3.76. The first kappa shape index (κ1) is 13.3. The minimum absolute atomic E-state index is 0.235. The van der Waals surface area contributed by atoms with E-state index in [4.69, 9.17) is 10.5 Å². The number of likely N-dealkylation sites (N-methyl/N-ethyl adjacent to an activating group) is 1. The molecular weight excluding hydrogens is 231 g/mol. The monoisotopic (exact) mass is 252 g/mol. The van der Waals surface area contributed by atoms with Gasteiger partial charge in [-0.15, -0.1) is 0 Å². The van der Waals surface area contributed by atoms with Crippen LogP contribution in [-0.4, -0.2) is 26.3 Å². The van der Waals surface area contributed by atoms with E-state index in [1.165, 1.54) is 18.6 Å². The summed E-state index contributed by atoms with van der Waals surface area (Å²) in [6.45, 7) is 2.03. The van der Waals surface area contributed by atoms with Crippen LogP contribution in [-0.2, 0) is 11.3 Å². The van der Waals surface area contributed by atoms with E-state index in [1.807, 2.05) is 7.05 Å². The molecule has 1 saturated heterocycles. The van der Waals surface area contributed by atoms with Crippen LogP contribution in [0, 0.1) is 5.82 Å². The second-order valence-electron chi connectivity index (χ2n) is 4.85. The molecule has 2 rings (SSSR count). The maximum absolute atomic E-state index is 13.2. The minimum atomic E-state index is -0.235. The van der Waals surface area contributed by atoms with Gasteiger partial charge < -0.3 is 15.4 Å². The molecule has 1 aromatic rings. The van der Waals surface area contributed by atoms with Crippen LogP contribution in [0.5, 0.6) is 0 Å². The molecule has 4 heteroatoms. The Bertz CT molecular complexity index is 391. The zero-order valence-corrected chi connectivity index (χ0v) is 10.9. The van der Waals surface area contributed by atoms with Gasteiger partial charge in [-0.05, 0) is 43.0 Å². The number of benzene rings is 1. The number of ether oxygens (including phenoxy) is 1. The predicted molar refractivity (Wildman–Crippen MR) is 71.2 cm³/mol. The first-order chi connectivity index (χ1) is 8.70. The molecule has 1 heterocycles. The molecule has 1 fully saturated rings. The fourth-order valence-corrected chi connectivity index (χ4v) is 2.45. The average Bonchev–Trinajstić information content (AvgIpc) is 2.39. The van der Waals surface area contributed by atoms with Crippen molar-refractivity contribution in [3.63, 3.8) is 0 Å². The van der Waals surface area contributed by atoms with Gasteiger partial charge >= 0.3 is 0 Å². The number of halogens is 1. The van der Waals surface area contributed by atoms with Gasteiger partial charge in [-0.1, -0.05) is 0 Å². The molecule has 1 atom stereocenters. The summed E-state index contributed by atoms with van der Waals surface area (Å²) in [5.41, 5.74) is 7.50. The molecule has 0 bridgehead atoms. The van der Waals surface area contributed by atoms with Crippen LogP contribution < -0.4 is 10.6 Å². The molecule has 100 valence electrons. The quantitative estimate of drug-likeness (QED) is 0.893. The fraction of sp³-hybridized carbons (Fsp3) is 0.571. The third-order valence-corrected chi connectivity index (χ3v) is 3.42. The van der Waals surface area contributed by atoms with Crippen LogP contribution in [0.15, 0.2) is 18.2 Å². The number of rotatable bonds is 4. The molecule has 1 aliphatic heterocycles. The number of hydrogen-bond acceptors (Lipinski definition) is 3. The molecule has 18 heavy (non-hydrogen) atoms. The highest BCUT2D eigenvalue weighted by molar-refractivity contribution is 5.53. The van der Waals surface area contributed by atoms with Crippen molar-refractivity contribution in [3.05, 3.63) is 29.6 Å². The molecule has 0 aromatic heterocycles. The van der Waals surface area contributed by atoms with Crippen molar-refractivity contribution in [3.8, 4) is 0 Å². The molecule has 0 amide bonds. The van der Waals surface area contributed by atoms with Gasteiger partial charge in [0.15, 0.2) is 0 Å². The largest absolute Gasteiger partial charge is 0.376 e. The Labute approximate surface area is 108 Å². The number of hydrogen-bond donors (Lipinski definition) is 1. The normalized spacial score (nSPS) is 19.8. The molecule has 0 spiro atoms. The summed E-state index contributed by atoms with van der Waals surface area (Å²) in [6, 6.07) is 4.78. The highest BCUT2D eigenvalue weighted by Gasteiger charge is 2.17. The fourth-order valence-electron chi connectivity index (χ4n) is 2.45. The van der Waals surface area contributed by atoms with E-state index in [0.717, 1.165) is 37.2 Å². The van der Waals surface area contributed by atoms with Crippen LogP contribution in [0.3, 0.4) is 0 Å². The standard InChI is InChI=1S/C14H21FN2O/c1-17(10-13-4-2-3-7-18-13)14-6-5-12(15)8-11(14)9-16/h5-6,8,13H,2-4,7,9-10,16H2,1H3. The lowest BCUT2D eigenvalue weighted by Crippen LogP contribution is -2.34. The molecule has 0 radical (unpaired) electrons. The van der Waals surface area contributed by atoms with Gasteiger partial charge in [0.05, 0.1) is 6.10 Å². The SMILES string of the molecule is CN(CC1CCCCO1)c1ccc(F)cc1CN. The van der Waals surface area contributed by atoms with Crippen molar-refractivity contribution in [1.29, 1.82) is 0 Å². The van der Waals surface area contributed by atoms with E-state index < -0.39 is 0 Å². The van der Waals surface area contributed by atoms with E-state index in [0.29, 0.717) is 6.54 Å². The van der Waals surface area contributed by atoms with E-state index in [1.54, 1.807) is 6.07 Å². The van der Waals surface area contributed by atoms with Crippen molar-refractivity contribution in [2.75, 3.05) is 25.1 Å². The molecule has 1 aliphatic rings. The Morgan fingerprint density at radius 3 is 2.94 bits per heavy atom. The maximum Gasteiger partial charge on any atom is 0.123 e. The molecule has 3 nitrogen and oxygen atoms in total. The average molecular weight is 252 g/mol. The minimum Gasteiger partial charge on any atom is -0.376 e. The first-order valence-corrected chi connectivity index (χ1v) is 6.52. The van der Waals surface area contributed by atoms with Gasteiger partial charge in [-0.3, -0.25) is 0 Å². The Morgan fingerprint density at radius 2 is 2.28 bits per heavy atom. The van der Waals surface area contributed by atoms with Crippen LogP contribution in [0.2, 0.25) is 0 Å². The lowest BCUT2D eigenvalue weighted by atomic mass is 10.1. The van der Waals surface area contributed by atoms with Crippen molar-refractivity contribution in [1.82, 2.24) is 0 Å². The van der Waals surface area contributed by atoms with Crippen LogP contribution >= 0.6 is 0 Å². The van der Waals surface area contributed by atoms with Gasteiger partial charge in [0, 0.05) is 32.4 Å². The molecule has 1 aromatic carbocycles. The second-order valence-corrected chi connectivity index (χ2v) is 4.85. The smallest absolute Gasteiger partial charge is 0.123 e. The van der Waals surface area contributed by atoms with E-state index in [2.05, 4.69) is 4.90 Å². The second kappa shape index (κ2) is 6.16. The molecule has 2 N–H and O–H groups in total. The summed E-state index contributed by atoms with van der Waals surface area (Å²) in [7, 11) is 2.00. The van der Waals surface area contributed by atoms with Gasteiger partial charge in [-0.2, -0.15) is 0 Å². The zero-order valence-electron chi connectivity index (χ0n) is 10.9. The van der Waals surface area contributed by atoms with Crippen molar-refractivity contribution < 1.29 is 9.13 Å². The Hall–Kier alpha value is -1.13. The number of nitrogens with two attached hydrogens (primary N) is 1. The van der Waals surface area contributed by atoms with E-state index in [9.17, 15) is 4.39 Å². The lowest BCUT2D eigenvalue weighted by molar-refractivity contribution is 0.0216. The van der Waals surface area contributed by atoms with Crippen molar-refractivity contribution in [2.45, 2.75) is 31.9 Å². The molecule has 0 aliphatic carbocycles. The van der Waals surface area contributed by atoms with Gasteiger partial charge in [0.25, 0.3) is 0 Å². The summed E-state index contributed by atoms with van der Waals surface area (Å²) < 4.78 is 18.9. The summed E-state index contributed by atoms with van der Waals surface area (Å²) in [5.74, 6) is -0.235. The summed E-state index contributed by atoms with van der Waals surface area (Å²) in [5, 5.41) is 0. The topological polar surface area (TPSA) is 38.5 Å². The third kappa shape index (κ3) is 3.21. The molecule has 0 saturated carbocycles. The van der Waals surface area contributed by atoms with Gasteiger partial charge in [0.2, 0.25) is 0 Å². The van der Waals surface area contributed by atoms with Crippen molar-refractivity contribution >= 4 is 5.69 Å². The van der Waals surface area contributed by atoms with Crippen molar-refractivity contribution in [2.24, 2.45) is 5.73 Å². The van der Waals surface area contributed by atoms with E-state index in [-0.39, 0.29) is 11.9 Å². The highest BCUT2D eigenvalue weighted by atomic mass is 19.1. The number of nitrogens with zero attached hydrogens (tertiary/aromatic N) is 1. The molecular formula is C14H21FN2O. The van der Waals surface area contributed by atoms with E-state index >= 15 is 0 Å². The number of anilines is 1. The summed E-state index contributed by atoms with van der Waals surface area (Å²) >= 11 is 0. The zero-order chi connectivity index (χ0) is 13.0. The lowest BCUT2D eigenvalue weighted by Gasteiger charge is -2.29. The van der Waals surface area contributed by atoms with Crippen LogP contribution in [0.1, 0.15) is 24.8 Å². The van der Waals surface area contributed by atoms with Gasteiger partial charge in [0.1, 0.15) is 5.82 Å². The highest BCUT2D eigenvalue weighted by Crippen LogP contribution is 2.22. The third-order valence-electron chi connectivity index (χ3n) is 3.42. The van der Waals surface area contributed by atoms with Crippen LogP contribution in [0.4, 0.5) is 10.1 Å². The Morgan fingerprint density at radius 1 is 1.44 bits per heavy atom. The Balaban J connectivity index is 2.05. The van der Waals surface area contributed by atoms with Crippen LogP contribution in [0.25, 0.3) is 0 Å². The Kier molecular flexibility index (Phi) is 4.55. The predicted octanol–water partition coefficient (Wildman–Crippen LogP) is 2.29. The maximum atomic E-state index is 13.2. The summed E-state index contributed by atoms with van der Waals surface area (Å²) in [4.78, 5) is 2.11. The first-order valence-electron chi connectivity index (χ1n) is 6.52. The molecule has 1 unspecified atom stereocenters. The van der Waals surface area contributed by atoms with Gasteiger partial charge in [-0.25, -0.2) is 4.39 Å².